The zero-order valence-corrected chi connectivity index (χ0v) is 12.1. The van der Waals surface area contributed by atoms with E-state index in [-0.39, 0.29) is 5.92 Å². The summed E-state index contributed by atoms with van der Waals surface area (Å²) < 4.78 is 0. The molecule has 0 bridgehead atoms. The third-order valence-electron chi connectivity index (χ3n) is 3.92. The molecule has 0 saturated heterocycles. The molecule has 0 spiro atoms. The molecule has 1 heterocycles. The molecule has 1 saturated carbocycles. The number of rotatable bonds is 6. The van der Waals surface area contributed by atoms with E-state index in [9.17, 15) is 9.90 Å². The number of thioether (sulfide) groups is 1. The number of H-pyrrole nitrogens is 1. The van der Waals surface area contributed by atoms with Gasteiger partial charge in [0.05, 0.1) is 0 Å². The Morgan fingerprint density at radius 1 is 1.68 bits per heavy atom. The Kier molecular flexibility index (Phi) is 4.46. The Labute approximate surface area is 116 Å². The molecule has 2 atom stereocenters. The van der Waals surface area contributed by atoms with E-state index in [2.05, 4.69) is 20.5 Å². The number of carboxylic acid groups (broad SMARTS) is 1. The lowest BCUT2D eigenvalue weighted by molar-refractivity contribution is -0.146. The molecule has 3 N–H and O–H groups in total. The van der Waals surface area contributed by atoms with Gasteiger partial charge < -0.3 is 10.4 Å². The lowest BCUT2D eigenvalue weighted by Crippen LogP contribution is -2.53. The minimum absolute atomic E-state index is 0.183. The van der Waals surface area contributed by atoms with Crippen molar-refractivity contribution in [2.75, 3.05) is 12.8 Å². The summed E-state index contributed by atoms with van der Waals surface area (Å²) in [6, 6.07) is 0. The molecule has 0 aromatic carbocycles. The summed E-state index contributed by atoms with van der Waals surface area (Å²) in [6.07, 6.45) is 3.53. The van der Waals surface area contributed by atoms with Gasteiger partial charge in [-0.15, -0.1) is 5.10 Å². The van der Waals surface area contributed by atoms with Crippen LogP contribution in [0.2, 0.25) is 0 Å². The number of likely N-dealkylation sites (N-methyl/N-ethyl adjacent to an activating group) is 1. The summed E-state index contributed by atoms with van der Waals surface area (Å²) in [6.45, 7) is 1.87. The summed E-state index contributed by atoms with van der Waals surface area (Å²) in [5, 5.41) is 20.1. The Morgan fingerprint density at radius 2 is 2.47 bits per heavy atom. The first-order valence-electron chi connectivity index (χ1n) is 6.52. The molecule has 6 nitrogen and oxygen atoms in total. The van der Waals surface area contributed by atoms with E-state index in [0.29, 0.717) is 6.42 Å². The highest BCUT2D eigenvalue weighted by atomic mass is 32.2. The third-order valence-corrected chi connectivity index (χ3v) is 4.80. The van der Waals surface area contributed by atoms with Gasteiger partial charge in [-0.25, -0.2) is 4.98 Å². The van der Waals surface area contributed by atoms with Crippen LogP contribution in [0.1, 0.15) is 31.5 Å². The lowest BCUT2D eigenvalue weighted by atomic mass is 9.85. The van der Waals surface area contributed by atoms with Crippen LogP contribution >= 0.6 is 11.8 Å². The number of nitrogens with one attached hydrogen (secondary N) is 2. The van der Waals surface area contributed by atoms with E-state index in [0.717, 1.165) is 36.0 Å². The molecule has 0 aliphatic heterocycles. The Bertz CT molecular complexity index is 451. The lowest BCUT2D eigenvalue weighted by Gasteiger charge is -2.30. The fraction of sp³-hybridized carbons (Fsp3) is 0.750. The van der Waals surface area contributed by atoms with Gasteiger partial charge in [0.1, 0.15) is 11.4 Å². The molecule has 7 heteroatoms. The molecule has 2 unspecified atom stereocenters. The Balaban J connectivity index is 1.89. The zero-order chi connectivity index (χ0) is 13.9. The summed E-state index contributed by atoms with van der Waals surface area (Å²) in [5.74, 6) is 1.11. The number of aromatic nitrogens is 3. The standard InChI is InChI=1S/C12H20N4O2S/c1-8-14-11(16-15-8)19-7-5-9-4-3-6-12(9,13-2)10(17)18/h9,13H,3-7H2,1-2H3,(H,17,18)(H,14,15,16). The highest BCUT2D eigenvalue weighted by Crippen LogP contribution is 2.38. The van der Waals surface area contributed by atoms with Crippen LogP contribution in [0.15, 0.2) is 5.16 Å². The van der Waals surface area contributed by atoms with Gasteiger partial charge in [0, 0.05) is 5.75 Å². The molecule has 19 heavy (non-hydrogen) atoms. The fourth-order valence-electron chi connectivity index (χ4n) is 2.87. The van der Waals surface area contributed by atoms with Crippen molar-refractivity contribution in [3.05, 3.63) is 5.82 Å². The van der Waals surface area contributed by atoms with Crippen LogP contribution in [0, 0.1) is 12.8 Å². The van der Waals surface area contributed by atoms with Crippen molar-refractivity contribution < 1.29 is 9.90 Å². The van der Waals surface area contributed by atoms with Crippen LogP contribution in [0.25, 0.3) is 0 Å². The van der Waals surface area contributed by atoms with E-state index in [1.165, 1.54) is 0 Å². The molecule has 1 aliphatic carbocycles. The molecular weight excluding hydrogens is 264 g/mol. The second-order valence-corrected chi connectivity index (χ2v) is 6.02. The number of hydrogen-bond acceptors (Lipinski definition) is 5. The molecule has 1 aliphatic rings. The Morgan fingerprint density at radius 3 is 3.05 bits per heavy atom. The normalized spacial score (nSPS) is 26.7. The van der Waals surface area contributed by atoms with Crippen molar-refractivity contribution in [3.63, 3.8) is 0 Å². The molecule has 0 amide bonds. The average Bonchev–Trinajstić information content (AvgIpc) is 2.96. The predicted octanol–water partition coefficient (Wildman–Crippen LogP) is 1.44. The molecule has 2 rings (SSSR count). The van der Waals surface area contributed by atoms with Crippen molar-refractivity contribution >= 4 is 17.7 Å². The molecule has 0 radical (unpaired) electrons. The van der Waals surface area contributed by atoms with Gasteiger partial charge in [-0.1, -0.05) is 18.2 Å². The second-order valence-electron chi connectivity index (χ2n) is 4.96. The van der Waals surface area contributed by atoms with E-state index >= 15 is 0 Å². The number of nitrogens with zero attached hydrogens (tertiary/aromatic N) is 2. The van der Waals surface area contributed by atoms with Crippen LogP contribution in [0.4, 0.5) is 0 Å². The van der Waals surface area contributed by atoms with E-state index in [1.54, 1.807) is 18.8 Å². The summed E-state index contributed by atoms with van der Waals surface area (Å²) in [7, 11) is 1.75. The highest BCUT2D eigenvalue weighted by Gasteiger charge is 2.47. The summed E-state index contributed by atoms with van der Waals surface area (Å²) >= 11 is 1.58. The molecule has 1 fully saturated rings. The van der Waals surface area contributed by atoms with Gasteiger partial charge in [-0.2, -0.15) is 0 Å². The van der Waals surface area contributed by atoms with Crippen molar-refractivity contribution in [2.24, 2.45) is 5.92 Å². The second kappa shape index (κ2) is 5.92. The van der Waals surface area contributed by atoms with Crippen molar-refractivity contribution in [2.45, 2.75) is 43.3 Å². The minimum atomic E-state index is -0.741. The van der Waals surface area contributed by atoms with Crippen LogP contribution in [0.3, 0.4) is 0 Å². The maximum absolute atomic E-state index is 11.5. The first kappa shape index (κ1) is 14.3. The first-order chi connectivity index (χ1) is 9.08. The number of hydrogen-bond donors (Lipinski definition) is 3. The van der Waals surface area contributed by atoms with E-state index < -0.39 is 11.5 Å². The van der Waals surface area contributed by atoms with Gasteiger partial charge >= 0.3 is 5.97 Å². The maximum Gasteiger partial charge on any atom is 0.324 e. The van der Waals surface area contributed by atoms with Gasteiger partial charge in [-0.3, -0.25) is 9.89 Å². The highest BCUT2D eigenvalue weighted by molar-refractivity contribution is 7.99. The van der Waals surface area contributed by atoms with Crippen LogP contribution in [0.5, 0.6) is 0 Å². The van der Waals surface area contributed by atoms with Gasteiger partial charge in [-0.05, 0) is 39.2 Å². The predicted molar refractivity (Wildman–Crippen MR) is 73.2 cm³/mol. The molecule has 106 valence electrons. The monoisotopic (exact) mass is 284 g/mol. The minimum Gasteiger partial charge on any atom is -0.480 e. The van der Waals surface area contributed by atoms with Crippen LogP contribution in [-0.4, -0.2) is 44.6 Å². The largest absolute Gasteiger partial charge is 0.480 e. The number of aliphatic carboxylic acids is 1. The van der Waals surface area contributed by atoms with Crippen LogP contribution in [-0.2, 0) is 4.79 Å². The molecule has 1 aromatic heterocycles. The van der Waals surface area contributed by atoms with Gasteiger partial charge in [0.15, 0.2) is 0 Å². The van der Waals surface area contributed by atoms with Gasteiger partial charge in [0.25, 0.3) is 0 Å². The first-order valence-corrected chi connectivity index (χ1v) is 7.51. The van der Waals surface area contributed by atoms with Crippen molar-refractivity contribution in [1.82, 2.24) is 20.5 Å². The Hall–Kier alpha value is -1.08. The molecule has 1 aromatic rings. The molecular formula is C12H20N4O2S. The van der Waals surface area contributed by atoms with Crippen molar-refractivity contribution in [3.8, 4) is 0 Å². The number of aromatic amines is 1. The average molecular weight is 284 g/mol. The third kappa shape index (κ3) is 2.92. The maximum atomic E-state index is 11.5. The zero-order valence-electron chi connectivity index (χ0n) is 11.3. The van der Waals surface area contributed by atoms with E-state index in [1.807, 2.05) is 6.92 Å². The quantitative estimate of drug-likeness (QED) is 0.685. The van der Waals surface area contributed by atoms with E-state index in [4.69, 9.17) is 0 Å². The summed E-state index contributed by atoms with van der Waals surface area (Å²) in [5.41, 5.74) is -0.741. The topological polar surface area (TPSA) is 90.9 Å². The number of aryl methyl sites for hydroxylation is 1. The fourth-order valence-corrected chi connectivity index (χ4v) is 3.76. The SMILES string of the molecule is CNC1(C(=O)O)CCCC1CCSc1n[nH]c(C)n1. The van der Waals surface area contributed by atoms with Crippen molar-refractivity contribution in [1.29, 1.82) is 0 Å². The number of carboxylic acids is 1. The van der Waals surface area contributed by atoms with Gasteiger partial charge in [0.2, 0.25) is 5.16 Å². The smallest absolute Gasteiger partial charge is 0.324 e. The summed E-state index contributed by atoms with van der Waals surface area (Å²) in [4.78, 5) is 15.7. The van der Waals surface area contributed by atoms with Crippen LogP contribution < -0.4 is 5.32 Å². The number of carbonyl (C=O) groups is 1.